The van der Waals surface area contributed by atoms with E-state index in [1.807, 2.05) is 0 Å². The summed E-state index contributed by atoms with van der Waals surface area (Å²) >= 11 is 0. The highest BCUT2D eigenvalue weighted by Gasteiger charge is 2.36. The minimum absolute atomic E-state index is 0.0183. The van der Waals surface area contributed by atoms with Gasteiger partial charge in [-0.2, -0.15) is 31.6 Å². The van der Waals surface area contributed by atoms with E-state index < -0.39 is 36.6 Å². The fourth-order valence-electron chi connectivity index (χ4n) is 2.45. The van der Waals surface area contributed by atoms with Crippen molar-refractivity contribution in [2.75, 3.05) is 11.4 Å². The van der Waals surface area contributed by atoms with Crippen molar-refractivity contribution in [1.82, 2.24) is 0 Å². The Hall–Kier alpha value is -3.09. The Balaban J connectivity index is 2.48. The van der Waals surface area contributed by atoms with Gasteiger partial charge in [-0.05, 0) is 41.1 Å². The van der Waals surface area contributed by atoms with E-state index in [9.17, 15) is 31.2 Å². The van der Waals surface area contributed by atoms with Crippen LogP contribution in [0.25, 0.3) is 0 Å². The molecule has 142 valence electrons. The van der Waals surface area contributed by atoms with Crippen molar-refractivity contribution >= 4 is 11.4 Å². The van der Waals surface area contributed by atoms with E-state index in [1.165, 1.54) is 30.3 Å². The highest BCUT2D eigenvalue weighted by molar-refractivity contribution is 5.55. The van der Waals surface area contributed by atoms with Gasteiger partial charge in [-0.15, -0.1) is 4.91 Å². The molecule has 0 aliphatic heterocycles. The number of anilines is 1. The summed E-state index contributed by atoms with van der Waals surface area (Å²) in [4.78, 5) is 11.3. The lowest BCUT2D eigenvalue weighted by Crippen LogP contribution is -2.34. The van der Waals surface area contributed by atoms with Gasteiger partial charge in [-0.1, -0.05) is 12.1 Å². The highest BCUT2D eigenvalue weighted by Crippen LogP contribution is 2.35. The van der Waals surface area contributed by atoms with Crippen molar-refractivity contribution in [1.29, 1.82) is 5.26 Å². The third kappa shape index (κ3) is 5.44. The van der Waals surface area contributed by atoms with E-state index in [0.717, 1.165) is 12.1 Å². The topological polar surface area (TPSA) is 56.5 Å². The molecule has 0 spiro atoms. The number of rotatable bonds is 5. The van der Waals surface area contributed by atoms with Crippen molar-refractivity contribution in [3.63, 3.8) is 0 Å². The summed E-state index contributed by atoms with van der Waals surface area (Å²) in [5.41, 5.74) is -2.13. The third-order valence-electron chi connectivity index (χ3n) is 3.55. The predicted octanol–water partition coefficient (Wildman–Crippen LogP) is 5.54. The Kier molecular flexibility index (Phi) is 5.73. The molecule has 2 aromatic carbocycles. The molecule has 0 aliphatic carbocycles. The number of nitrogens with zero attached hydrogens (tertiary/aromatic N) is 3. The second kappa shape index (κ2) is 7.65. The Morgan fingerprint density at radius 2 is 1.74 bits per heavy atom. The summed E-state index contributed by atoms with van der Waals surface area (Å²) in [6, 6.07) is 9.12. The third-order valence-corrected chi connectivity index (χ3v) is 3.55. The molecule has 0 N–H and O–H groups in total. The minimum Gasteiger partial charge on any atom is -0.358 e. The summed E-state index contributed by atoms with van der Waals surface area (Å²) in [6.07, 6.45) is -9.58. The number of nitroso groups, excluding NO2 is 1. The number of nitriles is 1. The van der Waals surface area contributed by atoms with Gasteiger partial charge in [0.25, 0.3) is 0 Å². The maximum Gasteiger partial charge on any atom is 0.417 e. The standard InChI is InChI=1S/C17H11F6N3O/c18-16(19,20)10-26(9-11-2-1-3-13(6-11)25-27)14-5-4-12(8-24)15(7-14)17(21,22)23/h1-7H,9-10H2. The molecule has 0 heterocycles. The van der Waals surface area contributed by atoms with Crippen molar-refractivity contribution in [3.8, 4) is 6.07 Å². The van der Waals surface area contributed by atoms with Crippen LogP contribution in [0.3, 0.4) is 0 Å². The summed E-state index contributed by atoms with van der Waals surface area (Å²) in [7, 11) is 0. The molecular weight excluding hydrogens is 376 g/mol. The molecule has 0 aliphatic rings. The van der Waals surface area contributed by atoms with Gasteiger partial charge in [0.2, 0.25) is 0 Å². The highest BCUT2D eigenvalue weighted by atomic mass is 19.4. The molecule has 2 aromatic rings. The molecule has 0 saturated heterocycles. The van der Waals surface area contributed by atoms with Gasteiger partial charge in [0.15, 0.2) is 0 Å². The van der Waals surface area contributed by atoms with Crippen LogP contribution >= 0.6 is 0 Å². The summed E-state index contributed by atoms with van der Waals surface area (Å²) < 4.78 is 78.1. The predicted molar refractivity (Wildman–Crippen MR) is 85.2 cm³/mol. The zero-order chi connectivity index (χ0) is 20.2. The van der Waals surface area contributed by atoms with Crippen molar-refractivity contribution < 1.29 is 26.3 Å². The normalized spacial score (nSPS) is 11.7. The quantitative estimate of drug-likeness (QED) is 0.500. The molecule has 0 atom stereocenters. The molecule has 10 heteroatoms. The SMILES string of the molecule is N#Cc1ccc(N(Cc2cccc(N=O)c2)CC(F)(F)F)cc1C(F)(F)F. The molecule has 0 aromatic heterocycles. The summed E-state index contributed by atoms with van der Waals surface area (Å²) in [5.74, 6) is 0. The smallest absolute Gasteiger partial charge is 0.358 e. The number of halogens is 6. The maximum atomic E-state index is 13.1. The van der Waals surface area contributed by atoms with E-state index in [0.29, 0.717) is 11.0 Å². The second-order valence-corrected chi connectivity index (χ2v) is 5.57. The van der Waals surface area contributed by atoms with E-state index in [4.69, 9.17) is 5.26 Å². The second-order valence-electron chi connectivity index (χ2n) is 5.57. The lowest BCUT2D eigenvalue weighted by atomic mass is 10.1. The van der Waals surface area contributed by atoms with Crippen LogP contribution in [0.5, 0.6) is 0 Å². The van der Waals surface area contributed by atoms with Crippen molar-refractivity contribution in [2.24, 2.45) is 5.18 Å². The van der Waals surface area contributed by atoms with Crippen LogP contribution in [0.2, 0.25) is 0 Å². The Bertz CT molecular complexity index is 870. The van der Waals surface area contributed by atoms with Crippen LogP contribution < -0.4 is 4.90 Å². The fraction of sp³-hybridized carbons (Fsp3) is 0.235. The van der Waals surface area contributed by atoms with E-state index >= 15 is 0 Å². The first-order valence-corrected chi connectivity index (χ1v) is 7.39. The molecule has 0 unspecified atom stereocenters. The van der Waals surface area contributed by atoms with Crippen molar-refractivity contribution in [2.45, 2.75) is 18.9 Å². The molecule has 27 heavy (non-hydrogen) atoms. The van der Waals surface area contributed by atoms with E-state index in [2.05, 4.69) is 5.18 Å². The molecule has 2 rings (SSSR count). The molecule has 0 bridgehead atoms. The van der Waals surface area contributed by atoms with Gasteiger partial charge in [0, 0.05) is 12.2 Å². The minimum atomic E-state index is -4.90. The van der Waals surface area contributed by atoms with Gasteiger partial charge in [-0.3, -0.25) is 0 Å². The van der Waals surface area contributed by atoms with Crippen LogP contribution in [0.4, 0.5) is 37.7 Å². The maximum absolute atomic E-state index is 13.1. The average molecular weight is 387 g/mol. The first-order chi connectivity index (χ1) is 12.5. The molecular formula is C17H11F6N3O. The number of alkyl halides is 6. The lowest BCUT2D eigenvalue weighted by molar-refractivity contribution is -0.137. The summed E-state index contributed by atoms with van der Waals surface area (Å²) in [5, 5.41) is 11.5. The van der Waals surface area contributed by atoms with Crippen LogP contribution in [-0.4, -0.2) is 12.7 Å². The summed E-state index contributed by atoms with van der Waals surface area (Å²) in [6.45, 7) is -1.93. The molecule has 4 nitrogen and oxygen atoms in total. The first-order valence-electron chi connectivity index (χ1n) is 7.39. The Morgan fingerprint density at radius 1 is 1.04 bits per heavy atom. The fourth-order valence-corrected chi connectivity index (χ4v) is 2.45. The van der Waals surface area contributed by atoms with E-state index in [1.54, 1.807) is 0 Å². The largest absolute Gasteiger partial charge is 0.417 e. The van der Waals surface area contributed by atoms with Crippen molar-refractivity contribution in [3.05, 3.63) is 64.1 Å². The number of benzene rings is 2. The van der Waals surface area contributed by atoms with Gasteiger partial charge >= 0.3 is 12.4 Å². The number of hydrogen-bond donors (Lipinski definition) is 0. The molecule has 0 amide bonds. The van der Waals surface area contributed by atoms with Gasteiger partial charge in [-0.25, -0.2) is 0 Å². The monoisotopic (exact) mass is 387 g/mol. The Labute approximate surface area is 149 Å². The van der Waals surface area contributed by atoms with Gasteiger partial charge in [0.05, 0.1) is 17.2 Å². The molecule has 0 saturated carbocycles. The van der Waals surface area contributed by atoms with Crippen LogP contribution in [0, 0.1) is 16.2 Å². The van der Waals surface area contributed by atoms with Gasteiger partial charge in [0.1, 0.15) is 12.2 Å². The van der Waals surface area contributed by atoms with Crippen LogP contribution in [-0.2, 0) is 12.7 Å². The molecule has 0 radical (unpaired) electrons. The average Bonchev–Trinajstić information content (AvgIpc) is 2.59. The first kappa shape index (κ1) is 20.2. The molecule has 0 fully saturated rings. The van der Waals surface area contributed by atoms with Crippen LogP contribution in [0.15, 0.2) is 47.6 Å². The zero-order valence-electron chi connectivity index (χ0n) is 13.5. The Morgan fingerprint density at radius 3 is 2.30 bits per heavy atom. The van der Waals surface area contributed by atoms with Gasteiger partial charge < -0.3 is 4.90 Å². The van der Waals surface area contributed by atoms with Crippen LogP contribution in [0.1, 0.15) is 16.7 Å². The zero-order valence-corrected chi connectivity index (χ0v) is 13.5. The lowest BCUT2D eigenvalue weighted by Gasteiger charge is -2.27. The van der Waals surface area contributed by atoms with E-state index in [-0.39, 0.29) is 16.9 Å². The number of hydrogen-bond acceptors (Lipinski definition) is 4.